The molecular weight excluding hydrogens is 342 g/mol. The number of carbonyl (C=O) groups excluding carboxylic acids is 1. The van der Waals surface area contributed by atoms with Crippen LogP contribution in [0.15, 0.2) is 47.2 Å². The van der Waals surface area contributed by atoms with Crippen molar-refractivity contribution in [2.75, 3.05) is 6.54 Å². The second-order valence-electron chi connectivity index (χ2n) is 6.90. The third-order valence-electron chi connectivity index (χ3n) is 5.02. The molecule has 7 nitrogen and oxygen atoms in total. The summed E-state index contributed by atoms with van der Waals surface area (Å²) >= 11 is 0. The molecule has 0 aliphatic heterocycles. The molecule has 1 aliphatic carbocycles. The van der Waals surface area contributed by atoms with E-state index in [1.807, 2.05) is 48.1 Å². The van der Waals surface area contributed by atoms with E-state index in [-0.39, 0.29) is 5.91 Å². The Labute approximate surface area is 158 Å². The van der Waals surface area contributed by atoms with Crippen molar-refractivity contribution in [1.82, 2.24) is 24.8 Å². The smallest absolute Gasteiger partial charge is 0.254 e. The second-order valence-corrected chi connectivity index (χ2v) is 6.90. The van der Waals surface area contributed by atoms with Crippen molar-refractivity contribution in [3.63, 3.8) is 0 Å². The van der Waals surface area contributed by atoms with Crippen LogP contribution < -0.4 is 0 Å². The number of rotatable bonds is 7. The number of amides is 1. The van der Waals surface area contributed by atoms with Crippen molar-refractivity contribution < 1.29 is 9.32 Å². The summed E-state index contributed by atoms with van der Waals surface area (Å²) < 4.78 is 7.20. The Balaban J connectivity index is 1.45. The number of hydrogen-bond acceptors (Lipinski definition) is 5. The van der Waals surface area contributed by atoms with Crippen LogP contribution in [0, 0.1) is 0 Å². The molecule has 4 rings (SSSR count). The van der Waals surface area contributed by atoms with Crippen molar-refractivity contribution in [2.24, 2.45) is 0 Å². The topological polar surface area (TPSA) is 77.0 Å². The molecule has 0 N–H and O–H groups in total. The van der Waals surface area contributed by atoms with Gasteiger partial charge in [-0.3, -0.25) is 9.48 Å². The molecule has 0 saturated heterocycles. The molecular formula is C20H23N5O2. The molecule has 2 aromatic heterocycles. The first-order valence-corrected chi connectivity index (χ1v) is 9.41. The van der Waals surface area contributed by atoms with E-state index in [0.717, 1.165) is 18.4 Å². The summed E-state index contributed by atoms with van der Waals surface area (Å²) in [5.41, 5.74) is 1.69. The molecule has 1 amide bonds. The summed E-state index contributed by atoms with van der Waals surface area (Å²) in [5, 5.41) is 8.27. The van der Waals surface area contributed by atoms with Gasteiger partial charge in [0.2, 0.25) is 5.89 Å². The molecule has 0 radical (unpaired) electrons. The van der Waals surface area contributed by atoms with Gasteiger partial charge in [-0.25, -0.2) is 0 Å². The molecule has 0 spiro atoms. The van der Waals surface area contributed by atoms with Crippen LogP contribution in [0.4, 0.5) is 0 Å². The van der Waals surface area contributed by atoms with Crippen LogP contribution in [0.2, 0.25) is 0 Å². The fourth-order valence-corrected chi connectivity index (χ4v) is 3.22. The molecule has 7 heteroatoms. The Morgan fingerprint density at radius 3 is 2.93 bits per heavy atom. The molecule has 3 aromatic rings. The molecule has 1 aliphatic rings. The number of hydrogen-bond donors (Lipinski definition) is 0. The van der Waals surface area contributed by atoms with E-state index < -0.39 is 0 Å². The predicted octanol–water partition coefficient (Wildman–Crippen LogP) is 3.24. The Kier molecular flexibility index (Phi) is 5.00. The molecule has 0 unspecified atom stereocenters. The van der Waals surface area contributed by atoms with E-state index in [4.69, 9.17) is 4.52 Å². The van der Waals surface area contributed by atoms with Crippen LogP contribution in [-0.2, 0) is 13.1 Å². The molecule has 1 fully saturated rings. The quantitative estimate of drug-likeness (QED) is 0.642. The average Bonchev–Trinajstić information content (AvgIpc) is 3.30. The minimum Gasteiger partial charge on any atom is -0.339 e. The van der Waals surface area contributed by atoms with Crippen LogP contribution in [0.3, 0.4) is 0 Å². The van der Waals surface area contributed by atoms with Crippen molar-refractivity contribution in [3.8, 4) is 0 Å². The summed E-state index contributed by atoms with van der Waals surface area (Å²) in [6, 6.07) is 9.55. The van der Waals surface area contributed by atoms with Crippen LogP contribution in [0.25, 0.3) is 0 Å². The zero-order chi connectivity index (χ0) is 18.6. The molecule has 1 aromatic carbocycles. The number of nitrogens with zero attached hydrogens (tertiary/aromatic N) is 5. The van der Waals surface area contributed by atoms with E-state index in [1.54, 1.807) is 11.1 Å². The Bertz CT molecular complexity index is 899. The molecule has 140 valence electrons. The van der Waals surface area contributed by atoms with Crippen LogP contribution >= 0.6 is 0 Å². The normalized spacial score (nSPS) is 14.1. The standard InChI is InChI=1S/C20H23N5O2/c1-2-24(14-18-22-19(27-23-18)16-7-4-8-16)20(26)17-9-3-6-15(12-17)13-25-11-5-10-21-25/h3,5-6,9-12,16H,2,4,7-8,13-14H2,1H3. The zero-order valence-corrected chi connectivity index (χ0v) is 15.4. The SMILES string of the molecule is CCN(Cc1noc(C2CCC2)n1)C(=O)c1cccc(Cn2cccn2)c1. The summed E-state index contributed by atoms with van der Waals surface area (Å²) in [6.07, 6.45) is 7.10. The van der Waals surface area contributed by atoms with Gasteiger partial charge in [0.05, 0.1) is 13.1 Å². The second kappa shape index (κ2) is 7.73. The van der Waals surface area contributed by atoms with E-state index in [2.05, 4.69) is 15.2 Å². The highest BCUT2D eigenvalue weighted by atomic mass is 16.5. The van der Waals surface area contributed by atoms with Gasteiger partial charge in [-0.2, -0.15) is 10.1 Å². The highest BCUT2D eigenvalue weighted by molar-refractivity contribution is 5.94. The summed E-state index contributed by atoms with van der Waals surface area (Å²) in [4.78, 5) is 19.2. The van der Waals surface area contributed by atoms with Gasteiger partial charge in [-0.05, 0) is 43.5 Å². The van der Waals surface area contributed by atoms with E-state index in [1.165, 1.54) is 6.42 Å². The summed E-state index contributed by atoms with van der Waals surface area (Å²) in [5.74, 6) is 1.64. The summed E-state index contributed by atoms with van der Waals surface area (Å²) in [7, 11) is 0. The minimum absolute atomic E-state index is 0.0326. The lowest BCUT2D eigenvalue weighted by Gasteiger charge is -2.21. The van der Waals surface area contributed by atoms with Crippen LogP contribution in [0.5, 0.6) is 0 Å². The fourth-order valence-electron chi connectivity index (χ4n) is 3.22. The molecule has 1 saturated carbocycles. The molecule has 0 atom stereocenters. The van der Waals surface area contributed by atoms with Crippen molar-refractivity contribution in [2.45, 2.75) is 45.2 Å². The van der Waals surface area contributed by atoms with E-state index in [9.17, 15) is 4.79 Å². The van der Waals surface area contributed by atoms with Crippen LogP contribution in [0.1, 0.15) is 59.7 Å². The Hall–Kier alpha value is -2.96. The maximum absolute atomic E-state index is 13.0. The van der Waals surface area contributed by atoms with Crippen LogP contribution in [-0.4, -0.2) is 37.3 Å². The largest absolute Gasteiger partial charge is 0.339 e. The Morgan fingerprint density at radius 2 is 2.22 bits per heavy atom. The summed E-state index contributed by atoms with van der Waals surface area (Å²) in [6.45, 7) is 3.53. The number of carbonyl (C=O) groups is 1. The molecule has 0 bridgehead atoms. The van der Waals surface area contributed by atoms with Gasteiger partial charge in [0.15, 0.2) is 5.82 Å². The maximum Gasteiger partial charge on any atom is 0.254 e. The highest BCUT2D eigenvalue weighted by Crippen LogP contribution is 2.35. The van der Waals surface area contributed by atoms with E-state index in [0.29, 0.717) is 42.8 Å². The first kappa shape index (κ1) is 17.5. The van der Waals surface area contributed by atoms with Crippen molar-refractivity contribution in [1.29, 1.82) is 0 Å². The predicted molar refractivity (Wildman–Crippen MR) is 99.1 cm³/mol. The number of benzene rings is 1. The molecule has 27 heavy (non-hydrogen) atoms. The maximum atomic E-state index is 13.0. The third-order valence-corrected chi connectivity index (χ3v) is 5.02. The lowest BCUT2D eigenvalue weighted by Crippen LogP contribution is -2.30. The first-order valence-electron chi connectivity index (χ1n) is 9.41. The minimum atomic E-state index is -0.0326. The van der Waals surface area contributed by atoms with Gasteiger partial charge in [0.1, 0.15) is 0 Å². The van der Waals surface area contributed by atoms with Gasteiger partial charge >= 0.3 is 0 Å². The lowest BCUT2D eigenvalue weighted by atomic mass is 9.85. The highest BCUT2D eigenvalue weighted by Gasteiger charge is 2.26. The monoisotopic (exact) mass is 365 g/mol. The van der Waals surface area contributed by atoms with Gasteiger partial charge in [-0.15, -0.1) is 0 Å². The van der Waals surface area contributed by atoms with Crippen molar-refractivity contribution in [3.05, 3.63) is 65.6 Å². The zero-order valence-electron chi connectivity index (χ0n) is 15.4. The Morgan fingerprint density at radius 1 is 1.33 bits per heavy atom. The fraction of sp³-hybridized carbons (Fsp3) is 0.400. The lowest BCUT2D eigenvalue weighted by molar-refractivity contribution is 0.0747. The van der Waals surface area contributed by atoms with Gasteiger partial charge < -0.3 is 9.42 Å². The van der Waals surface area contributed by atoms with Gasteiger partial charge in [-0.1, -0.05) is 23.7 Å². The third kappa shape index (κ3) is 3.92. The average molecular weight is 365 g/mol. The van der Waals surface area contributed by atoms with E-state index >= 15 is 0 Å². The first-order chi connectivity index (χ1) is 13.2. The number of aromatic nitrogens is 4. The van der Waals surface area contributed by atoms with Gasteiger partial charge in [0.25, 0.3) is 5.91 Å². The molecule has 2 heterocycles. The van der Waals surface area contributed by atoms with Gasteiger partial charge in [0, 0.05) is 30.4 Å². The van der Waals surface area contributed by atoms with Crippen molar-refractivity contribution >= 4 is 5.91 Å².